The van der Waals surface area contributed by atoms with Gasteiger partial charge in [0.1, 0.15) is 0 Å². The van der Waals surface area contributed by atoms with Crippen LogP contribution in [-0.4, -0.2) is 34.0 Å². The Labute approximate surface area is 157 Å². The monoisotopic (exact) mass is 369 g/mol. The lowest BCUT2D eigenvalue weighted by atomic mass is 10.1. The molecule has 1 aliphatic heterocycles. The molecule has 6 nitrogen and oxygen atoms in total. The standard InChI is InChI=1S/C21H23NO5/c23-19(24)9-5-2-6-14-27-21(26)16-12-13-22-17(16)10-11-18(22)20(25)15-7-3-1-4-8-15/h1,3-4,7-8,10-11,16H,2,5-6,9,12-14H2,(H,23,24)/t16-/m0/s1. The van der Waals surface area contributed by atoms with E-state index in [0.717, 1.165) is 12.1 Å². The summed E-state index contributed by atoms with van der Waals surface area (Å²) in [6, 6.07) is 12.7. The Morgan fingerprint density at radius 1 is 1.04 bits per heavy atom. The number of fused-ring (bicyclic) bond motifs is 1. The molecule has 27 heavy (non-hydrogen) atoms. The molecule has 1 aromatic heterocycles. The minimum absolute atomic E-state index is 0.0469. The van der Waals surface area contributed by atoms with E-state index < -0.39 is 5.97 Å². The Kier molecular flexibility index (Phi) is 6.06. The number of hydrogen-bond donors (Lipinski definition) is 1. The van der Waals surface area contributed by atoms with Crippen LogP contribution >= 0.6 is 0 Å². The highest BCUT2D eigenvalue weighted by Gasteiger charge is 2.32. The van der Waals surface area contributed by atoms with E-state index >= 15 is 0 Å². The maximum Gasteiger partial charge on any atom is 0.315 e. The molecule has 1 aromatic carbocycles. The third kappa shape index (κ3) is 4.45. The summed E-state index contributed by atoms with van der Waals surface area (Å²) >= 11 is 0. The number of hydrogen-bond acceptors (Lipinski definition) is 4. The largest absolute Gasteiger partial charge is 0.481 e. The molecule has 1 atom stereocenters. The minimum Gasteiger partial charge on any atom is -0.481 e. The molecule has 0 saturated heterocycles. The number of esters is 1. The Hall–Kier alpha value is -2.89. The molecular weight excluding hydrogens is 346 g/mol. The topological polar surface area (TPSA) is 85.6 Å². The normalized spacial score (nSPS) is 15.3. The van der Waals surface area contributed by atoms with Crippen molar-refractivity contribution in [2.75, 3.05) is 6.61 Å². The second-order valence-electron chi connectivity index (χ2n) is 6.70. The summed E-state index contributed by atoms with van der Waals surface area (Å²) in [4.78, 5) is 35.5. The molecule has 142 valence electrons. The highest BCUT2D eigenvalue weighted by Crippen LogP contribution is 2.32. The zero-order valence-electron chi connectivity index (χ0n) is 15.1. The van der Waals surface area contributed by atoms with E-state index in [9.17, 15) is 14.4 Å². The first-order valence-corrected chi connectivity index (χ1v) is 9.25. The zero-order valence-corrected chi connectivity index (χ0v) is 15.1. The molecule has 3 rings (SSSR count). The van der Waals surface area contributed by atoms with Crippen molar-refractivity contribution in [1.29, 1.82) is 0 Å². The first kappa shape index (κ1) is 18.9. The SMILES string of the molecule is O=C(O)CCCCCOC(=O)[C@H]1CCn2c(C(=O)c3ccccc3)ccc21. The number of carbonyl (C=O) groups excluding carboxylic acids is 2. The molecule has 2 aromatic rings. The van der Waals surface area contributed by atoms with Crippen LogP contribution in [0.3, 0.4) is 0 Å². The fraction of sp³-hybridized carbons (Fsp3) is 0.381. The molecule has 0 radical (unpaired) electrons. The van der Waals surface area contributed by atoms with E-state index in [1.165, 1.54) is 0 Å². The van der Waals surface area contributed by atoms with Gasteiger partial charge in [0.05, 0.1) is 18.2 Å². The van der Waals surface area contributed by atoms with E-state index in [4.69, 9.17) is 9.84 Å². The molecule has 0 amide bonds. The summed E-state index contributed by atoms with van der Waals surface area (Å²) in [5.41, 5.74) is 2.05. The maximum atomic E-state index is 12.7. The maximum absolute atomic E-state index is 12.7. The molecule has 0 unspecified atom stereocenters. The summed E-state index contributed by atoms with van der Waals surface area (Å²) in [5, 5.41) is 8.60. The number of carbonyl (C=O) groups is 3. The van der Waals surface area contributed by atoms with Crippen LogP contribution in [0.15, 0.2) is 42.5 Å². The number of ether oxygens (including phenoxy) is 1. The van der Waals surface area contributed by atoms with Crippen LogP contribution in [0.1, 0.15) is 59.8 Å². The van der Waals surface area contributed by atoms with Crippen molar-refractivity contribution in [2.45, 2.75) is 44.6 Å². The van der Waals surface area contributed by atoms with E-state index in [0.29, 0.717) is 43.7 Å². The number of unbranched alkanes of at least 4 members (excludes halogenated alkanes) is 2. The Morgan fingerprint density at radius 2 is 1.81 bits per heavy atom. The number of carboxylic acid groups (broad SMARTS) is 1. The van der Waals surface area contributed by atoms with Crippen LogP contribution in [0.4, 0.5) is 0 Å². The molecular formula is C21H23NO5. The number of ketones is 1. The van der Waals surface area contributed by atoms with Gasteiger partial charge in [-0.15, -0.1) is 0 Å². The average molecular weight is 369 g/mol. The van der Waals surface area contributed by atoms with Crippen LogP contribution in [0, 0.1) is 0 Å². The van der Waals surface area contributed by atoms with E-state index in [2.05, 4.69) is 0 Å². The van der Waals surface area contributed by atoms with Crippen molar-refractivity contribution >= 4 is 17.7 Å². The number of carboxylic acids is 1. The van der Waals surface area contributed by atoms with Gasteiger partial charge < -0.3 is 14.4 Å². The van der Waals surface area contributed by atoms with Gasteiger partial charge in [-0.1, -0.05) is 30.3 Å². The second-order valence-corrected chi connectivity index (χ2v) is 6.70. The molecule has 0 bridgehead atoms. The van der Waals surface area contributed by atoms with Crippen LogP contribution in [0.2, 0.25) is 0 Å². The smallest absolute Gasteiger partial charge is 0.315 e. The summed E-state index contributed by atoms with van der Waals surface area (Å²) in [6.45, 7) is 0.917. The summed E-state index contributed by atoms with van der Waals surface area (Å²) in [6.07, 6.45) is 2.73. The number of nitrogens with zero attached hydrogens (tertiary/aromatic N) is 1. The van der Waals surface area contributed by atoms with Gasteiger partial charge in [-0.25, -0.2) is 0 Å². The number of aromatic nitrogens is 1. The highest BCUT2D eigenvalue weighted by atomic mass is 16.5. The molecule has 6 heteroatoms. The van der Waals surface area contributed by atoms with Gasteiger partial charge >= 0.3 is 11.9 Å². The predicted molar refractivity (Wildman–Crippen MR) is 98.7 cm³/mol. The van der Waals surface area contributed by atoms with E-state index in [-0.39, 0.29) is 24.1 Å². The van der Waals surface area contributed by atoms with Gasteiger partial charge in [-0.05, 0) is 37.8 Å². The molecule has 0 spiro atoms. The van der Waals surface area contributed by atoms with Crippen molar-refractivity contribution < 1.29 is 24.2 Å². The van der Waals surface area contributed by atoms with Gasteiger partial charge in [-0.2, -0.15) is 0 Å². The second kappa shape index (κ2) is 8.66. The molecule has 0 saturated carbocycles. The predicted octanol–water partition coefficient (Wildman–Crippen LogP) is 3.39. The third-order valence-corrected chi connectivity index (χ3v) is 4.85. The van der Waals surface area contributed by atoms with E-state index in [1.54, 1.807) is 18.2 Å². The molecule has 0 aliphatic carbocycles. The van der Waals surface area contributed by atoms with Crippen molar-refractivity contribution in [2.24, 2.45) is 0 Å². The fourth-order valence-corrected chi connectivity index (χ4v) is 3.45. The van der Waals surface area contributed by atoms with Gasteiger partial charge in [0, 0.05) is 24.2 Å². The fourth-order valence-electron chi connectivity index (χ4n) is 3.45. The Bertz CT molecular complexity index is 824. The highest BCUT2D eigenvalue weighted by molar-refractivity contribution is 6.08. The van der Waals surface area contributed by atoms with Crippen molar-refractivity contribution in [3.05, 3.63) is 59.4 Å². The summed E-state index contributed by atoms with van der Waals surface area (Å²) in [5.74, 6) is -1.47. The number of rotatable bonds is 9. The average Bonchev–Trinajstić information content (AvgIpc) is 3.26. The number of benzene rings is 1. The first-order valence-electron chi connectivity index (χ1n) is 9.25. The van der Waals surface area contributed by atoms with Crippen molar-refractivity contribution in [3.8, 4) is 0 Å². The lowest BCUT2D eigenvalue weighted by Crippen LogP contribution is -2.14. The lowest BCUT2D eigenvalue weighted by Gasteiger charge is -2.10. The third-order valence-electron chi connectivity index (χ3n) is 4.85. The van der Waals surface area contributed by atoms with Gasteiger partial charge in [-0.3, -0.25) is 14.4 Å². The Balaban J connectivity index is 1.56. The summed E-state index contributed by atoms with van der Waals surface area (Å²) < 4.78 is 7.27. The quantitative estimate of drug-likeness (QED) is 0.416. The van der Waals surface area contributed by atoms with Gasteiger partial charge in [0.15, 0.2) is 0 Å². The van der Waals surface area contributed by atoms with E-state index in [1.807, 2.05) is 28.8 Å². The minimum atomic E-state index is -0.806. The summed E-state index contributed by atoms with van der Waals surface area (Å²) in [7, 11) is 0. The van der Waals surface area contributed by atoms with Gasteiger partial charge in [0.2, 0.25) is 5.78 Å². The molecule has 1 N–H and O–H groups in total. The Morgan fingerprint density at radius 3 is 2.56 bits per heavy atom. The molecule has 2 heterocycles. The van der Waals surface area contributed by atoms with Crippen LogP contribution < -0.4 is 0 Å². The molecule has 0 fully saturated rings. The van der Waals surface area contributed by atoms with Crippen LogP contribution in [-0.2, 0) is 20.9 Å². The van der Waals surface area contributed by atoms with Crippen LogP contribution in [0.25, 0.3) is 0 Å². The van der Waals surface area contributed by atoms with Crippen molar-refractivity contribution in [3.63, 3.8) is 0 Å². The lowest BCUT2D eigenvalue weighted by molar-refractivity contribution is -0.145. The van der Waals surface area contributed by atoms with Gasteiger partial charge in [0.25, 0.3) is 0 Å². The zero-order chi connectivity index (χ0) is 19.2. The van der Waals surface area contributed by atoms with Crippen LogP contribution in [0.5, 0.6) is 0 Å². The van der Waals surface area contributed by atoms with Crippen molar-refractivity contribution in [1.82, 2.24) is 4.57 Å². The first-order chi connectivity index (χ1) is 13.1. The molecule has 1 aliphatic rings. The number of aliphatic carboxylic acids is 1.